The Labute approximate surface area is 144 Å². The summed E-state index contributed by atoms with van der Waals surface area (Å²) in [5.41, 5.74) is 0.687. The normalized spacial score (nSPS) is 15.4. The summed E-state index contributed by atoms with van der Waals surface area (Å²) in [6.07, 6.45) is -0.905. The summed E-state index contributed by atoms with van der Waals surface area (Å²) in [6.45, 7) is 1.93. The molecule has 0 bridgehead atoms. The lowest BCUT2D eigenvalue weighted by Crippen LogP contribution is -2.48. The highest BCUT2D eigenvalue weighted by atomic mass is 79.9. The smallest absolute Gasteiger partial charge is 0.407 e. The van der Waals surface area contributed by atoms with Crippen molar-refractivity contribution < 1.29 is 9.90 Å². The van der Waals surface area contributed by atoms with Crippen LogP contribution in [0.25, 0.3) is 10.9 Å². The Morgan fingerprint density at radius 3 is 2.50 bits per heavy atom. The molecule has 1 aliphatic rings. The molecule has 6 nitrogen and oxygen atoms in total. The number of aromatic nitrogens is 2. The fourth-order valence-corrected chi connectivity index (χ4v) is 3.10. The van der Waals surface area contributed by atoms with Crippen LogP contribution in [0.2, 0.25) is 10.3 Å². The molecule has 1 fully saturated rings. The Hall–Kier alpha value is -1.31. The molecule has 0 aliphatic carbocycles. The van der Waals surface area contributed by atoms with Crippen molar-refractivity contribution in [1.29, 1.82) is 0 Å². The second-order valence-corrected chi connectivity index (χ2v) is 6.46. The number of halogens is 3. The van der Waals surface area contributed by atoms with Crippen molar-refractivity contribution in [3.8, 4) is 0 Å². The van der Waals surface area contributed by atoms with Crippen molar-refractivity contribution in [3.63, 3.8) is 0 Å². The molecule has 0 unspecified atom stereocenters. The third kappa shape index (κ3) is 2.93. The minimum atomic E-state index is -0.905. The van der Waals surface area contributed by atoms with Gasteiger partial charge < -0.3 is 14.9 Å². The molecule has 0 radical (unpaired) electrons. The largest absolute Gasteiger partial charge is 0.465 e. The van der Waals surface area contributed by atoms with Gasteiger partial charge in [0.15, 0.2) is 0 Å². The van der Waals surface area contributed by atoms with Gasteiger partial charge in [0, 0.05) is 36.0 Å². The Morgan fingerprint density at radius 1 is 1.18 bits per heavy atom. The van der Waals surface area contributed by atoms with E-state index in [-0.39, 0.29) is 5.28 Å². The van der Waals surface area contributed by atoms with Gasteiger partial charge in [-0.05, 0) is 39.7 Å². The van der Waals surface area contributed by atoms with Crippen molar-refractivity contribution in [2.75, 3.05) is 31.1 Å². The van der Waals surface area contributed by atoms with E-state index in [1.54, 1.807) is 12.1 Å². The zero-order valence-corrected chi connectivity index (χ0v) is 14.4. The maximum atomic E-state index is 11.0. The van der Waals surface area contributed by atoms with Crippen LogP contribution in [0.4, 0.5) is 10.6 Å². The second-order valence-electron chi connectivity index (χ2n) is 4.86. The molecule has 1 saturated heterocycles. The van der Waals surface area contributed by atoms with E-state index in [1.807, 2.05) is 4.90 Å². The lowest BCUT2D eigenvalue weighted by molar-refractivity contribution is 0.142. The fraction of sp³-hybridized carbons (Fsp3) is 0.308. The van der Waals surface area contributed by atoms with Gasteiger partial charge in [-0.25, -0.2) is 9.78 Å². The SMILES string of the molecule is O=C(O)N1CCN(c2nc(Cl)nc3cc(Br)c(Cl)cc23)CC1. The highest BCUT2D eigenvalue weighted by Crippen LogP contribution is 2.33. The van der Waals surface area contributed by atoms with Crippen molar-refractivity contribution in [2.24, 2.45) is 0 Å². The summed E-state index contributed by atoms with van der Waals surface area (Å²) in [4.78, 5) is 22.9. The molecule has 1 aliphatic heterocycles. The number of anilines is 1. The number of rotatable bonds is 1. The van der Waals surface area contributed by atoms with Gasteiger partial charge in [-0.3, -0.25) is 0 Å². The average Bonchev–Trinajstić information content (AvgIpc) is 2.48. The maximum absolute atomic E-state index is 11.0. The summed E-state index contributed by atoms with van der Waals surface area (Å²) >= 11 is 15.5. The molecule has 116 valence electrons. The van der Waals surface area contributed by atoms with Crippen LogP contribution in [0.3, 0.4) is 0 Å². The molecular weight excluding hydrogens is 395 g/mol. The average molecular weight is 406 g/mol. The first kappa shape index (κ1) is 15.6. The molecule has 1 N–H and O–H groups in total. The predicted molar refractivity (Wildman–Crippen MR) is 89.1 cm³/mol. The zero-order chi connectivity index (χ0) is 15.9. The molecule has 2 heterocycles. The van der Waals surface area contributed by atoms with Gasteiger partial charge in [0.25, 0.3) is 0 Å². The molecular formula is C13H11BrCl2N4O2. The summed E-state index contributed by atoms with van der Waals surface area (Å²) in [5.74, 6) is 0.675. The Balaban J connectivity index is 2.00. The van der Waals surface area contributed by atoms with Crippen molar-refractivity contribution in [1.82, 2.24) is 14.9 Å². The Kier molecular flexibility index (Phi) is 4.29. The van der Waals surface area contributed by atoms with Gasteiger partial charge in [-0.15, -0.1) is 0 Å². The minimum absolute atomic E-state index is 0.150. The van der Waals surface area contributed by atoms with Crippen molar-refractivity contribution >= 4 is 61.9 Å². The Morgan fingerprint density at radius 2 is 1.86 bits per heavy atom. The number of carboxylic acid groups (broad SMARTS) is 1. The first-order chi connectivity index (χ1) is 10.5. The number of amides is 1. The van der Waals surface area contributed by atoms with Gasteiger partial charge >= 0.3 is 6.09 Å². The van der Waals surface area contributed by atoms with Gasteiger partial charge in [0.05, 0.1) is 10.5 Å². The second kappa shape index (κ2) is 6.06. The third-order valence-electron chi connectivity index (χ3n) is 3.54. The summed E-state index contributed by atoms with van der Waals surface area (Å²) in [6, 6.07) is 3.58. The topological polar surface area (TPSA) is 69.6 Å². The summed E-state index contributed by atoms with van der Waals surface area (Å²) in [7, 11) is 0. The van der Waals surface area contributed by atoms with Gasteiger partial charge in [0.1, 0.15) is 5.82 Å². The molecule has 0 atom stereocenters. The van der Waals surface area contributed by atoms with Crippen LogP contribution in [0.1, 0.15) is 0 Å². The number of benzene rings is 1. The van der Waals surface area contributed by atoms with E-state index < -0.39 is 6.09 Å². The predicted octanol–water partition coefficient (Wildman–Crippen LogP) is 3.50. The maximum Gasteiger partial charge on any atom is 0.407 e. The molecule has 0 spiro atoms. The van der Waals surface area contributed by atoms with E-state index in [0.717, 1.165) is 9.86 Å². The first-order valence-corrected chi connectivity index (χ1v) is 8.05. The van der Waals surface area contributed by atoms with Gasteiger partial charge in [-0.2, -0.15) is 4.98 Å². The highest BCUT2D eigenvalue weighted by Gasteiger charge is 2.23. The highest BCUT2D eigenvalue weighted by molar-refractivity contribution is 9.10. The molecule has 1 amide bonds. The summed E-state index contributed by atoms with van der Waals surface area (Å²) < 4.78 is 0.734. The number of hydrogen-bond donors (Lipinski definition) is 1. The van der Waals surface area contributed by atoms with Crippen molar-refractivity contribution in [3.05, 3.63) is 26.9 Å². The van der Waals surface area contributed by atoms with E-state index in [1.165, 1.54) is 4.90 Å². The van der Waals surface area contributed by atoms with Crippen LogP contribution in [-0.4, -0.2) is 52.2 Å². The van der Waals surface area contributed by atoms with Gasteiger partial charge in [-0.1, -0.05) is 11.6 Å². The van der Waals surface area contributed by atoms with Crippen LogP contribution in [0.15, 0.2) is 16.6 Å². The molecule has 22 heavy (non-hydrogen) atoms. The monoisotopic (exact) mass is 404 g/mol. The van der Waals surface area contributed by atoms with E-state index in [2.05, 4.69) is 25.9 Å². The standard InChI is InChI=1S/C13H11BrCl2N4O2/c14-8-6-10-7(5-9(8)15)11(18-12(16)17-10)19-1-3-20(4-2-19)13(21)22/h5-6H,1-4H2,(H,21,22). The fourth-order valence-electron chi connectivity index (χ4n) is 2.43. The zero-order valence-electron chi connectivity index (χ0n) is 11.3. The van der Waals surface area contributed by atoms with Gasteiger partial charge in [0.2, 0.25) is 5.28 Å². The molecule has 9 heteroatoms. The van der Waals surface area contributed by atoms with Crippen LogP contribution in [-0.2, 0) is 0 Å². The van der Waals surface area contributed by atoms with Crippen LogP contribution < -0.4 is 4.90 Å². The molecule has 0 saturated carbocycles. The molecule has 1 aromatic heterocycles. The number of carbonyl (C=O) groups is 1. The quantitative estimate of drug-likeness (QED) is 0.735. The van der Waals surface area contributed by atoms with E-state index in [0.29, 0.717) is 42.5 Å². The first-order valence-electron chi connectivity index (χ1n) is 6.51. The number of piperazine rings is 1. The van der Waals surface area contributed by atoms with Crippen LogP contribution in [0.5, 0.6) is 0 Å². The third-order valence-corrected chi connectivity index (χ3v) is 4.91. The lowest BCUT2D eigenvalue weighted by atomic mass is 10.2. The van der Waals surface area contributed by atoms with Crippen LogP contribution >= 0.6 is 39.1 Å². The minimum Gasteiger partial charge on any atom is -0.465 e. The van der Waals surface area contributed by atoms with E-state index >= 15 is 0 Å². The van der Waals surface area contributed by atoms with Crippen molar-refractivity contribution in [2.45, 2.75) is 0 Å². The molecule has 1 aromatic carbocycles. The Bertz CT molecular complexity index is 750. The van der Waals surface area contributed by atoms with E-state index in [4.69, 9.17) is 28.3 Å². The number of nitrogens with zero attached hydrogens (tertiary/aromatic N) is 4. The van der Waals surface area contributed by atoms with Crippen LogP contribution in [0, 0.1) is 0 Å². The summed E-state index contributed by atoms with van der Waals surface area (Å²) in [5, 5.41) is 10.5. The molecule has 2 aromatic rings. The lowest BCUT2D eigenvalue weighted by Gasteiger charge is -2.34. The molecule has 3 rings (SSSR count). The van der Waals surface area contributed by atoms with E-state index in [9.17, 15) is 4.79 Å². The number of hydrogen-bond acceptors (Lipinski definition) is 4. The number of fused-ring (bicyclic) bond motifs is 1.